The van der Waals surface area contributed by atoms with Crippen molar-refractivity contribution in [2.24, 2.45) is 0 Å². The molecular weight excluding hydrogens is 368 g/mol. The quantitative estimate of drug-likeness (QED) is 0.641. The SMILES string of the molecule is Cc1c(Cl)cccc1NC(=O)c1ccc(CN2CCc3ccccc3C2)cc1. The van der Waals surface area contributed by atoms with Crippen LogP contribution in [-0.4, -0.2) is 17.4 Å². The van der Waals surface area contributed by atoms with Crippen molar-refractivity contribution in [2.75, 3.05) is 11.9 Å². The predicted molar refractivity (Wildman–Crippen MR) is 115 cm³/mol. The van der Waals surface area contributed by atoms with Crippen molar-refractivity contribution in [3.63, 3.8) is 0 Å². The number of anilines is 1. The molecule has 0 spiro atoms. The summed E-state index contributed by atoms with van der Waals surface area (Å²) in [7, 11) is 0. The summed E-state index contributed by atoms with van der Waals surface area (Å²) in [6.45, 7) is 4.83. The normalized spacial score (nSPS) is 13.8. The van der Waals surface area contributed by atoms with Crippen molar-refractivity contribution in [1.29, 1.82) is 0 Å². The zero-order chi connectivity index (χ0) is 19.5. The number of halogens is 1. The molecule has 0 saturated carbocycles. The molecule has 0 aliphatic carbocycles. The highest BCUT2D eigenvalue weighted by atomic mass is 35.5. The highest BCUT2D eigenvalue weighted by Crippen LogP contribution is 2.24. The van der Waals surface area contributed by atoms with Crippen LogP contribution >= 0.6 is 11.6 Å². The first-order valence-corrected chi connectivity index (χ1v) is 9.92. The van der Waals surface area contributed by atoms with Crippen molar-refractivity contribution in [3.05, 3.63) is 99.6 Å². The van der Waals surface area contributed by atoms with Gasteiger partial charge in [0.1, 0.15) is 0 Å². The average molecular weight is 391 g/mol. The smallest absolute Gasteiger partial charge is 0.255 e. The zero-order valence-electron chi connectivity index (χ0n) is 15.9. The van der Waals surface area contributed by atoms with Crippen molar-refractivity contribution < 1.29 is 4.79 Å². The molecule has 4 heteroatoms. The maximum absolute atomic E-state index is 12.6. The Labute approximate surface area is 171 Å². The van der Waals surface area contributed by atoms with E-state index in [9.17, 15) is 4.79 Å². The van der Waals surface area contributed by atoms with Crippen molar-refractivity contribution >= 4 is 23.2 Å². The molecule has 0 atom stereocenters. The van der Waals surface area contributed by atoms with Gasteiger partial charge in [-0.1, -0.05) is 54.1 Å². The summed E-state index contributed by atoms with van der Waals surface area (Å²) in [5.41, 5.74) is 6.36. The second kappa shape index (κ2) is 8.17. The lowest BCUT2D eigenvalue weighted by Crippen LogP contribution is -2.29. The van der Waals surface area contributed by atoms with Gasteiger partial charge in [0.2, 0.25) is 0 Å². The van der Waals surface area contributed by atoms with E-state index in [4.69, 9.17) is 11.6 Å². The largest absolute Gasteiger partial charge is 0.322 e. The second-order valence-electron chi connectivity index (χ2n) is 7.29. The van der Waals surface area contributed by atoms with Crippen LogP contribution in [0.3, 0.4) is 0 Å². The fourth-order valence-corrected chi connectivity index (χ4v) is 3.82. The number of carbonyl (C=O) groups excluding carboxylic acids is 1. The van der Waals surface area contributed by atoms with E-state index in [1.165, 1.54) is 16.7 Å². The number of amides is 1. The van der Waals surface area contributed by atoms with Crippen molar-refractivity contribution in [2.45, 2.75) is 26.4 Å². The first kappa shape index (κ1) is 18.7. The van der Waals surface area contributed by atoms with E-state index < -0.39 is 0 Å². The molecule has 0 aromatic heterocycles. The number of rotatable bonds is 4. The number of hydrogen-bond donors (Lipinski definition) is 1. The van der Waals surface area contributed by atoms with Gasteiger partial charge >= 0.3 is 0 Å². The van der Waals surface area contributed by atoms with Gasteiger partial charge in [0.15, 0.2) is 0 Å². The Hall–Kier alpha value is -2.62. The topological polar surface area (TPSA) is 32.3 Å². The molecule has 28 heavy (non-hydrogen) atoms. The number of fused-ring (bicyclic) bond motifs is 1. The highest BCUT2D eigenvalue weighted by Gasteiger charge is 2.16. The van der Waals surface area contributed by atoms with Gasteiger partial charge in [-0.15, -0.1) is 0 Å². The van der Waals surface area contributed by atoms with Crippen LogP contribution in [0.2, 0.25) is 5.02 Å². The minimum Gasteiger partial charge on any atom is -0.322 e. The summed E-state index contributed by atoms with van der Waals surface area (Å²) in [5.74, 6) is -0.121. The highest BCUT2D eigenvalue weighted by molar-refractivity contribution is 6.31. The van der Waals surface area contributed by atoms with Gasteiger partial charge in [0, 0.05) is 35.9 Å². The summed E-state index contributed by atoms with van der Waals surface area (Å²) in [5, 5.41) is 3.59. The molecule has 3 aromatic rings. The molecule has 1 N–H and O–H groups in total. The summed E-state index contributed by atoms with van der Waals surface area (Å²) in [6, 6.07) is 22.0. The van der Waals surface area contributed by atoms with Crippen molar-refractivity contribution in [1.82, 2.24) is 4.90 Å². The monoisotopic (exact) mass is 390 g/mol. The van der Waals surface area contributed by atoms with E-state index in [-0.39, 0.29) is 5.91 Å². The van der Waals surface area contributed by atoms with Crippen LogP contribution in [0.1, 0.15) is 32.6 Å². The molecule has 4 rings (SSSR count). The summed E-state index contributed by atoms with van der Waals surface area (Å²) < 4.78 is 0. The number of nitrogens with one attached hydrogen (secondary N) is 1. The summed E-state index contributed by atoms with van der Waals surface area (Å²) >= 11 is 6.13. The minimum absolute atomic E-state index is 0.121. The third-order valence-corrected chi connectivity index (χ3v) is 5.76. The fourth-order valence-electron chi connectivity index (χ4n) is 3.65. The van der Waals surface area contributed by atoms with E-state index in [0.29, 0.717) is 10.6 Å². The van der Waals surface area contributed by atoms with E-state index >= 15 is 0 Å². The van der Waals surface area contributed by atoms with Crippen LogP contribution in [-0.2, 0) is 19.5 Å². The standard InChI is InChI=1S/C24H23ClN2O/c1-17-22(25)7-4-8-23(17)26-24(28)20-11-9-18(10-12-20)15-27-14-13-19-5-2-3-6-21(19)16-27/h2-12H,13-16H2,1H3,(H,26,28). The molecule has 0 radical (unpaired) electrons. The molecule has 0 unspecified atom stereocenters. The van der Waals surface area contributed by atoms with Gasteiger partial charge in [-0.05, 0) is 59.9 Å². The molecule has 3 aromatic carbocycles. The van der Waals surface area contributed by atoms with Gasteiger partial charge in [-0.3, -0.25) is 9.69 Å². The minimum atomic E-state index is -0.121. The second-order valence-corrected chi connectivity index (χ2v) is 7.70. The Bertz CT molecular complexity index is 998. The van der Waals surface area contributed by atoms with Crippen LogP contribution in [0.15, 0.2) is 66.7 Å². The Kier molecular flexibility index (Phi) is 5.47. The predicted octanol–water partition coefficient (Wildman–Crippen LogP) is 5.46. The maximum Gasteiger partial charge on any atom is 0.255 e. The van der Waals surface area contributed by atoms with E-state index in [1.807, 2.05) is 49.4 Å². The first-order chi connectivity index (χ1) is 13.6. The Balaban J connectivity index is 1.40. The average Bonchev–Trinajstić information content (AvgIpc) is 2.72. The zero-order valence-corrected chi connectivity index (χ0v) is 16.7. The molecule has 1 amide bonds. The van der Waals surface area contributed by atoms with Crippen LogP contribution in [0, 0.1) is 6.92 Å². The molecule has 1 aliphatic heterocycles. The van der Waals surface area contributed by atoms with E-state index in [2.05, 4.69) is 34.5 Å². The molecule has 0 fully saturated rings. The Morgan fingerprint density at radius 1 is 1.00 bits per heavy atom. The van der Waals surface area contributed by atoms with E-state index in [0.717, 1.165) is 37.3 Å². The third kappa shape index (κ3) is 4.11. The lowest BCUT2D eigenvalue weighted by Gasteiger charge is -2.28. The molecule has 0 bridgehead atoms. The van der Waals surface area contributed by atoms with Gasteiger partial charge in [0.05, 0.1) is 0 Å². The first-order valence-electron chi connectivity index (χ1n) is 9.55. The summed E-state index contributed by atoms with van der Waals surface area (Å²) in [6.07, 6.45) is 1.09. The number of hydrogen-bond acceptors (Lipinski definition) is 2. The van der Waals surface area contributed by atoms with Crippen LogP contribution in [0.4, 0.5) is 5.69 Å². The van der Waals surface area contributed by atoms with E-state index in [1.54, 1.807) is 0 Å². The molecule has 0 saturated heterocycles. The van der Waals surface area contributed by atoms with Gasteiger partial charge in [-0.25, -0.2) is 0 Å². The molecule has 1 aliphatic rings. The Morgan fingerprint density at radius 3 is 2.54 bits per heavy atom. The molecular formula is C24H23ClN2O. The molecule has 1 heterocycles. The fraction of sp³-hybridized carbons (Fsp3) is 0.208. The van der Waals surface area contributed by atoms with Crippen LogP contribution in [0.5, 0.6) is 0 Å². The lowest BCUT2D eigenvalue weighted by molar-refractivity contribution is 0.102. The number of benzene rings is 3. The summed E-state index contributed by atoms with van der Waals surface area (Å²) in [4.78, 5) is 15.0. The maximum atomic E-state index is 12.6. The van der Waals surface area contributed by atoms with Gasteiger partial charge in [0.25, 0.3) is 5.91 Å². The lowest BCUT2D eigenvalue weighted by atomic mass is 9.99. The van der Waals surface area contributed by atoms with Crippen molar-refractivity contribution in [3.8, 4) is 0 Å². The molecule has 142 valence electrons. The van der Waals surface area contributed by atoms with Gasteiger partial charge in [-0.2, -0.15) is 0 Å². The third-order valence-electron chi connectivity index (χ3n) is 5.35. The number of nitrogens with zero attached hydrogens (tertiary/aromatic N) is 1. The molecule has 3 nitrogen and oxygen atoms in total. The number of carbonyl (C=O) groups is 1. The van der Waals surface area contributed by atoms with Gasteiger partial charge < -0.3 is 5.32 Å². The van der Waals surface area contributed by atoms with Crippen LogP contribution in [0.25, 0.3) is 0 Å². The Morgan fingerprint density at radius 2 is 1.75 bits per heavy atom. The van der Waals surface area contributed by atoms with Crippen LogP contribution < -0.4 is 5.32 Å².